The van der Waals surface area contributed by atoms with Crippen LogP contribution in [0.3, 0.4) is 0 Å². The summed E-state index contributed by atoms with van der Waals surface area (Å²) in [6, 6.07) is 5.59. The van der Waals surface area contributed by atoms with Crippen molar-refractivity contribution in [3.05, 3.63) is 30.0 Å². The van der Waals surface area contributed by atoms with Crippen LogP contribution in [0.1, 0.15) is 10.4 Å². The number of rotatable bonds is 3. The molecule has 1 amide bonds. The zero-order chi connectivity index (χ0) is 14.0. The Balaban J connectivity index is 2.81. The molecular formula is C13H16N4O2. The molecule has 0 saturated heterocycles. The normalized spacial score (nSPS) is 10.3. The third-order valence-electron chi connectivity index (χ3n) is 2.87. The number of nitrogens with one attached hydrogen (secondary N) is 1. The number of hydrazine groups is 1. The van der Waals surface area contributed by atoms with E-state index in [4.69, 9.17) is 10.6 Å². The average Bonchev–Trinajstić information content (AvgIpc) is 2.44. The fourth-order valence-corrected chi connectivity index (χ4v) is 2.07. The van der Waals surface area contributed by atoms with Gasteiger partial charge in [0.25, 0.3) is 5.91 Å². The van der Waals surface area contributed by atoms with Gasteiger partial charge in [0.15, 0.2) is 0 Å². The minimum absolute atomic E-state index is 0.374. The van der Waals surface area contributed by atoms with Crippen LogP contribution >= 0.6 is 0 Å². The summed E-state index contributed by atoms with van der Waals surface area (Å²) in [6.07, 6.45) is 1.50. The summed E-state index contributed by atoms with van der Waals surface area (Å²) >= 11 is 0. The Kier molecular flexibility index (Phi) is 3.52. The summed E-state index contributed by atoms with van der Waals surface area (Å²) in [6.45, 7) is 0. The zero-order valence-electron chi connectivity index (χ0n) is 11.1. The monoisotopic (exact) mass is 260 g/mol. The van der Waals surface area contributed by atoms with Crippen LogP contribution in [0, 0.1) is 0 Å². The summed E-state index contributed by atoms with van der Waals surface area (Å²) in [7, 11) is 5.31. The Morgan fingerprint density at radius 1 is 1.42 bits per heavy atom. The Bertz CT molecular complexity index is 625. The van der Waals surface area contributed by atoms with Crippen LogP contribution in [0.5, 0.6) is 5.75 Å². The lowest BCUT2D eigenvalue weighted by molar-refractivity contribution is 0.0954. The number of para-hydroxylation sites is 1. The van der Waals surface area contributed by atoms with E-state index in [1.807, 2.05) is 37.2 Å². The highest BCUT2D eigenvalue weighted by Crippen LogP contribution is 2.32. The number of benzene rings is 1. The van der Waals surface area contributed by atoms with E-state index in [9.17, 15) is 4.79 Å². The van der Waals surface area contributed by atoms with Gasteiger partial charge in [-0.15, -0.1) is 0 Å². The van der Waals surface area contributed by atoms with Crippen molar-refractivity contribution in [1.29, 1.82) is 0 Å². The standard InChI is InChI=1S/C13H16N4O2/c1-17(2)12-8-5-4-6-10(19-3)11(8)15-7-9(12)13(18)16-14/h4-7H,14H2,1-3H3,(H,16,18). The number of fused-ring (bicyclic) bond motifs is 1. The molecule has 0 aliphatic rings. The number of anilines is 1. The van der Waals surface area contributed by atoms with Crippen LogP contribution in [0.4, 0.5) is 5.69 Å². The first-order valence-corrected chi connectivity index (χ1v) is 5.74. The number of nitrogen functional groups attached to an aromatic ring is 1. The van der Waals surface area contributed by atoms with E-state index >= 15 is 0 Å². The van der Waals surface area contributed by atoms with Gasteiger partial charge in [-0.3, -0.25) is 15.2 Å². The maximum Gasteiger partial charge on any atom is 0.268 e. The number of carbonyl (C=O) groups is 1. The summed E-state index contributed by atoms with van der Waals surface area (Å²) in [4.78, 5) is 18.0. The molecule has 6 heteroatoms. The van der Waals surface area contributed by atoms with Gasteiger partial charge in [0.1, 0.15) is 11.3 Å². The van der Waals surface area contributed by atoms with E-state index in [2.05, 4.69) is 10.4 Å². The second-order valence-electron chi connectivity index (χ2n) is 4.24. The van der Waals surface area contributed by atoms with Gasteiger partial charge in [-0.25, -0.2) is 5.84 Å². The molecule has 2 aromatic rings. The van der Waals surface area contributed by atoms with Crippen molar-refractivity contribution in [3.8, 4) is 5.75 Å². The molecule has 1 heterocycles. The van der Waals surface area contributed by atoms with Crippen molar-refractivity contribution in [3.63, 3.8) is 0 Å². The Morgan fingerprint density at radius 2 is 2.16 bits per heavy atom. The van der Waals surface area contributed by atoms with E-state index < -0.39 is 0 Å². The number of amides is 1. The van der Waals surface area contributed by atoms with Gasteiger partial charge >= 0.3 is 0 Å². The fraction of sp³-hybridized carbons (Fsp3) is 0.231. The molecule has 0 radical (unpaired) electrons. The lowest BCUT2D eigenvalue weighted by atomic mass is 10.1. The Hall–Kier alpha value is -2.34. The van der Waals surface area contributed by atoms with Crippen molar-refractivity contribution in [2.75, 3.05) is 26.1 Å². The molecule has 0 aliphatic heterocycles. The number of ether oxygens (including phenoxy) is 1. The van der Waals surface area contributed by atoms with E-state index in [0.29, 0.717) is 16.8 Å². The number of hydrogen-bond acceptors (Lipinski definition) is 5. The van der Waals surface area contributed by atoms with Gasteiger partial charge in [0, 0.05) is 25.7 Å². The van der Waals surface area contributed by atoms with Crippen LogP contribution in [0.2, 0.25) is 0 Å². The maximum atomic E-state index is 11.8. The van der Waals surface area contributed by atoms with Crippen molar-refractivity contribution in [2.24, 2.45) is 5.84 Å². The number of nitrogens with zero attached hydrogens (tertiary/aromatic N) is 2. The quantitative estimate of drug-likeness (QED) is 0.487. The predicted molar refractivity (Wildman–Crippen MR) is 74.3 cm³/mol. The lowest BCUT2D eigenvalue weighted by Gasteiger charge is -2.19. The molecule has 1 aromatic heterocycles. The van der Waals surface area contributed by atoms with E-state index in [-0.39, 0.29) is 5.91 Å². The minimum atomic E-state index is -0.374. The number of hydrogen-bond donors (Lipinski definition) is 2. The molecule has 0 unspecified atom stereocenters. The van der Waals surface area contributed by atoms with E-state index in [1.54, 1.807) is 7.11 Å². The van der Waals surface area contributed by atoms with Crippen LogP contribution in [-0.4, -0.2) is 32.1 Å². The van der Waals surface area contributed by atoms with Crippen molar-refractivity contribution < 1.29 is 9.53 Å². The molecule has 0 spiro atoms. The molecule has 0 aliphatic carbocycles. The highest BCUT2D eigenvalue weighted by Gasteiger charge is 2.17. The SMILES string of the molecule is COc1cccc2c(N(C)C)c(C(=O)NN)cnc12. The predicted octanol–water partition coefficient (Wildman–Crippen LogP) is 0.913. The molecule has 2 rings (SSSR count). The van der Waals surface area contributed by atoms with Gasteiger partial charge in [0.2, 0.25) is 0 Å². The molecule has 0 atom stereocenters. The van der Waals surface area contributed by atoms with Gasteiger partial charge in [-0.05, 0) is 6.07 Å². The molecule has 0 bridgehead atoms. The molecule has 6 nitrogen and oxygen atoms in total. The molecule has 0 fully saturated rings. The fourth-order valence-electron chi connectivity index (χ4n) is 2.07. The van der Waals surface area contributed by atoms with Gasteiger partial charge < -0.3 is 9.64 Å². The zero-order valence-corrected chi connectivity index (χ0v) is 11.1. The first-order valence-electron chi connectivity index (χ1n) is 5.74. The third kappa shape index (κ3) is 2.17. The average molecular weight is 260 g/mol. The number of carbonyl (C=O) groups excluding carboxylic acids is 1. The highest BCUT2D eigenvalue weighted by molar-refractivity contribution is 6.08. The van der Waals surface area contributed by atoms with Gasteiger partial charge in [0.05, 0.1) is 18.4 Å². The topological polar surface area (TPSA) is 80.5 Å². The highest BCUT2D eigenvalue weighted by atomic mass is 16.5. The second kappa shape index (κ2) is 5.11. The van der Waals surface area contributed by atoms with Crippen LogP contribution in [0.15, 0.2) is 24.4 Å². The third-order valence-corrected chi connectivity index (χ3v) is 2.87. The molecule has 19 heavy (non-hydrogen) atoms. The van der Waals surface area contributed by atoms with Gasteiger partial charge in [-0.2, -0.15) is 0 Å². The molecule has 0 saturated carbocycles. The smallest absolute Gasteiger partial charge is 0.268 e. The Labute approximate surface area is 111 Å². The first kappa shape index (κ1) is 13.1. The van der Waals surface area contributed by atoms with Crippen molar-refractivity contribution >= 4 is 22.5 Å². The van der Waals surface area contributed by atoms with Crippen molar-refractivity contribution in [2.45, 2.75) is 0 Å². The largest absolute Gasteiger partial charge is 0.494 e. The number of methoxy groups -OCH3 is 1. The summed E-state index contributed by atoms with van der Waals surface area (Å²) in [5.41, 5.74) is 4.02. The summed E-state index contributed by atoms with van der Waals surface area (Å²) in [5.74, 6) is 5.50. The van der Waals surface area contributed by atoms with Crippen LogP contribution in [0.25, 0.3) is 10.9 Å². The van der Waals surface area contributed by atoms with Crippen molar-refractivity contribution in [1.82, 2.24) is 10.4 Å². The van der Waals surface area contributed by atoms with E-state index in [0.717, 1.165) is 11.1 Å². The maximum absolute atomic E-state index is 11.8. The lowest BCUT2D eigenvalue weighted by Crippen LogP contribution is -2.31. The minimum Gasteiger partial charge on any atom is -0.494 e. The summed E-state index contributed by atoms with van der Waals surface area (Å²) in [5, 5.41) is 0.838. The molecular weight excluding hydrogens is 244 g/mol. The molecule has 1 aromatic carbocycles. The molecule has 100 valence electrons. The molecule has 3 N–H and O–H groups in total. The number of pyridine rings is 1. The second-order valence-corrected chi connectivity index (χ2v) is 4.24. The number of aromatic nitrogens is 1. The van der Waals surface area contributed by atoms with Crippen LogP contribution < -0.4 is 20.9 Å². The number of nitrogens with two attached hydrogens (primary N) is 1. The first-order chi connectivity index (χ1) is 9.10. The van der Waals surface area contributed by atoms with E-state index in [1.165, 1.54) is 6.20 Å². The summed E-state index contributed by atoms with van der Waals surface area (Å²) < 4.78 is 5.28. The van der Waals surface area contributed by atoms with Crippen LogP contribution in [-0.2, 0) is 0 Å². The Morgan fingerprint density at radius 3 is 2.74 bits per heavy atom. The van der Waals surface area contributed by atoms with Gasteiger partial charge in [-0.1, -0.05) is 12.1 Å².